The molecule has 0 bridgehead atoms. The SMILES string of the molecule is CNCC(O)COc1cccc(-c2nc(-c3c(C)noc3C)c(C)c(N3CCO[C@H](CNC)C3)n2)c1. The highest BCUT2D eigenvalue weighted by atomic mass is 16.5. The Morgan fingerprint density at radius 3 is 2.75 bits per heavy atom. The lowest BCUT2D eigenvalue weighted by Gasteiger charge is -2.35. The fourth-order valence-electron chi connectivity index (χ4n) is 4.48. The van der Waals surface area contributed by atoms with Crippen LogP contribution in [-0.2, 0) is 4.74 Å². The summed E-state index contributed by atoms with van der Waals surface area (Å²) in [7, 11) is 3.72. The van der Waals surface area contributed by atoms with Gasteiger partial charge in [0.2, 0.25) is 0 Å². The van der Waals surface area contributed by atoms with Crippen molar-refractivity contribution in [1.82, 2.24) is 25.8 Å². The third-order valence-corrected chi connectivity index (χ3v) is 6.23. The molecule has 3 aromatic rings. The molecule has 1 aliphatic rings. The van der Waals surface area contributed by atoms with Crippen LogP contribution in [0.2, 0.25) is 0 Å². The topological polar surface area (TPSA) is 118 Å². The second-order valence-electron chi connectivity index (χ2n) is 9.09. The highest BCUT2D eigenvalue weighted by Gasteiger charge is 2.26. The highest BCUT2D eigenvalue weighted by Crippen LogP contribution is 2.35. The summed E-state index contributed by atoms with van der Waals surface area (Å²) in [6, 6.07) is 7.64. The second-order valence-corrected chi connectivity index (χ2v) is 9.09. The van der Waals surface area contributed by atoms with Crippen LogP contribution < -0.4 is 20.3 Å². The van der Waals surface area contributed by atoms with Crippen molar-refractivity contribution >= 4 is 5.82 Å². The number of aliphatic hydroxyl groups excluding tert-OH is 1. The second kappa shape index (κ2) is 11.8. The third-order valence-electron chi connectivity index (χ3n) is 6.23. The Kier molecular flexibility index (Phi) is 8.52. The van der Waals surface area contributed by atoms with Crippen LogP contribution in [0.15, 0.2) is 28.8 Å². The van der Waals surface area contributed by atoms with Crippen LogP contribution in [0.5, 0.6) is 5.75 Å². The average Bonchev–Trinajstić information content (AvgIpc) is 3.21. The molecule has 36 heavy (non-hydrogen) atoms. The molecule has 194 valence electrons. The van der Waals surface area contributed by atoms with Gasteiger partial charge in [-0.3, -0.25) is 0 Å². The van der Waals surface area contributed by atoms with Crippen LogP contribution >= 0.6 is 0 Å². The molecule has 2 atom stereocenters. The first-order chi connectivity index (χ1) is 17.4. The molecule has 0 amide bonds. The zero-order valence-corrected chi connectivity index (χ0v) is 21.7. The molecule has 1 fully saturated rings. The molecule has 1 aliphatic heterocycles. The minimum atomic E-state index is -0.598. The summed E-state index contributed by atoms with van der Waals surface area (Å²) in [6.07, 6.45) is -0.524. The first-order valence-corrected chi connectivity index (χ1v) is 12.3. The Hall–Kier alpha value is -3.05. The van der Waals surface area contributed by atoms with Gasteiger partial charge < -0.3 is 34.6 Å². The maximum atomic E-state index is 10.0. The number of ether oxygens (including phenoxy) is 2. The van der Waals surface area contributed by atoms with Gasteiger partial charge in [0, 0.05) is 37.3 Å². The van der Waals surface area contributed by atoms with Crippen LogP contribution in [0.3, 0.4) is 0 Å². The number of nitrogens with one attached hydrogen (secondary N) is 2. The van der Waals surface area contributed by atoms with Crippen molar-refractivity contribution in [2.24, 2.45) is 0 Å². The van der Waals surface area contributed by atoms with Gasteiger partial charge in [0.05, 0.1) is 29.7 Å². The van der Waals surface area contributed by atoms with Crippen molar-refractivity contribution in [3.05, 3.63) is 41.3 Å². The van der Waals surface area contributed by atoms with Crippen LogP contribution in [-0.4, -0.2) is 85.9 Å². The molecule has 1 aromatic carbocycles. The van der Waals surface area contributed by atoms with Crippen LogP contribution in [0.25, 0.3) is 22.6 Å². The van der Waals surface area contributed by atoms with E-state index in [1.165, 1.54) is 0 Å². The Balaban J connectivity index is 1.75. The minimum absolute atomic E-state index is 0.0739. The lowest BCUT2D eigenvalue weighted by Crippen LogP contribution is -2.46. The van der Waals surface area contributed by atoms with E-state index in [1.807, 2.05) is 52.1 Å². The Morgan fingerprint density at radius 2 is 2.03 bits per heavy atom. The van der Waals surface area contributed by atoms with E-state index in [4.69, 9.17) is 24.0 Å². The predicted molar refractivity (Wildman–Crippen MR) is 138 cm³/mol. The minimum Gasteiger partial charge on any atom is -0.491 e. The fraction of sp³-hybridized carbons (Fsp3) is 0.500. The smallest absolute Gasteiger partial charge is 0.162 e. The largest absolute Gasteiger partial charge is 0.491 e. The van der Waals surface area contributed by atoms with E-state index in [-0.39, 0.29) is 12.7 Å². The third kappa shape index (κ3) is 5.84. The molecule has 0 spiro atoms. The summed E-state index contributed by atoms with van der Waals surface area (Å²) < 4.78 is 17.2. The van der Waals surface area contributed by atoms with E-state index in [0.717, 1.165) is 59.3 Å². The van der Waals surface area contributed by atoms with Crippen molar-refractivity contribution in [2.45, 2.75) is 33.0 Å². The Bertz CT molecular complexity index is 1150. The van der Waals surface area contributed by atoms with Crippen molar-refractivity contribution in [3.63, 3.8) is 0 Å². The lowest BCUT2D eigenvalue weighted by atomic mass is 10.0. The molecule has 0 aliphatic carbocycles. The number of aliphatic hydroxyl groups is 1. The number of aromatic nitrogens is 3. The van der Waals surface area contributed by atoms with E-state index in [9.17, 15) is 5.11 Å². The first-order valence-electron chi connectivity index (χ1n) is 12.3. The number of anilines is 1. The van der Waals surface area contributed by atoms with Crippen molar-refractivity contribution in [1.29, 1.82) is 0 Å². The van der Waals surface area contributed by atoms with Gasteiger partial charge in [0.25, 0.3) is 0 Å². The zero-order valence-electron chi connectivity index (χ0n) is 21.7. The molecule has 4 rings (SSSR count). The van der Waals surface area contributed by atoms with Crippen molar-refractivity contribution in [3.8, 4) is 28.4 Å². The molecule has 1 saturated heterocycles. The molecule has 10 nitrogen and oxygen atoms in total. The molecule has 1 unspecified atom stereocenters. The molecule has 2 aromatic heterocycles. The van der Waals surface area contributed by atoms with E-state index in [1.54, 1.807) is 7.05 Å². The number of morpholine rings is 1. The number of benzene rings is 1. The molecular weight excluding hydrogens is 460 g/mol. The lowest BCUT2D eigenvalue weighted by molar-refractivity contribution is 0.0418. The maximum absolute atomic E-state index is 10.0. The summed E-state index contributed by atoms with van der Waals surface area (Å²) in [6.45, 7) is 9.39. The Labute approximate surface area is 212 Å². The van der Waals surface area contributed by atoms with E-state index in [2.05, 4.69) is 20.7 Å². The summed E-state index contributed by atoms with van der Waals surface area (Å²) in [5.74, 6) is 2.82. The van der Waals surface area contributed by atoms with Gasteiger partial charge in [-0.25, -0.2) is 9.97 Å². The molecule has 10 heteroatoms. The van der Waals surface area contributed by atoms with E-state index < -0.39 is 6.10 Å². The highest BCUT2D eigenvalue weighted by molar-refractivity contribution is 5.75. The monoisotopic (exact) mass is 496 g/mol. The summed E-state index contributed by atoms with van der Waals surface area (Å²) in [4.78, 5) is 12.3. The molecule has 0 saturated carbocycles. The standard InChI is InChI=1S/C26H36N6O4/c1-16-24(23-17(2)31-36-18(23)3)29-25(30-26(16)32-9-10-34-22(14-32)13-28-5)19-7-6-8-21(11-19)35-15-20(33)12-27-4/h6-8,11,20,22,27-28,33H,9-10,12-15H2,1-5H3/t20?,22-/m1/s1. The number of rotatable bonds is 10. The summed E-state index contributed by atoms with van der Waals surface area (Å²) in [5, 5.41) is 20.3. The number of hydrogen-bond acceptors (Lipinski definition) is 10. The molecule has 0 radical (unpaired) electrons. The molecule has 3 N–H and O–H groups in total. The van der Waals surface area contributed by atoms with Crippen molar-refractivity contribution < 1.29 is 19.1 Å². The first kappa shape index (κ1) is 26.0. The average molecular weight is 497 g/mol. The number of hydrogen-bond donors (Lipinski definition) is 3. The van der Waals surface area contributed by atoms with Crippen molar-refractivity contribution in [2.75, 3.05) is 58.4 Å². The molecular formula is C26H36N6O4. The van der Waals surface area contributed by atoms with Gasteiger partial charge in [0.1, 0.15) is 30.0 Å². The number of likely N-dealkylation sites (N-methyl/N-ethyl adjacent to an activating group) is 2. The Morgan fingerprint density at radius 1 is 1.19 bits per heavy atom. The number of aryl methyl sites for hydroxylation is 2. The summed E-state index contributed by atoms with van der Waals surface area (Å²) >= 11 is 0. The fourth-order valence-corrected chi connectivity index (χ4v) is 4.48. The van der Waals surface area contributed by atoms with E-state index >= 15 is 0 Å². The summed E-state index contributed by atoms with van der Waals surface area (Å²) in [5.41, 5.74) is 4.28. The van der Waals surface area contributed by atoms with Gasteiger partial charge >= 0.3 is 0 Å². The van der Waals surface area contributed by atoms with Gasteiger partial charge in [-0.05, 0) is 47.0 Å². The zero-order chi connectivity index (χ0) is 25.7. The van der Waals surface area contributed by atoms with Crippen LogP contribution in [0, 0.1) is 20.8 Å². The quantitative estimate of drug-likeness (QED) is 0.385. The van der Waals surface area contributed by atoms with Gasteiger partial charge in [-0.15, -0.1) is 0 Å². The number of nitrogens with zero attached hydrogens (tertiary/aromatic N) is 4. The van der Waals surface area contributed by atoms with Crippen LogP contribution in [0.4, 0.5) is 5.82 Å². The normalized spacial score (nSPS) is 16.8. The molecule has 3 heterocycles. The van der Waals surface area contributed by atoms with Gasteiger partial charge in [-0.1, -0.05) is 17.3 Å². The van der Waals surface area contributed by atoms with Crippen LogP contribution in [0.1, 0.15) is 17.0 Å². The van der Waals surface area contributed by atoms with Gasteiger partial charge in [0.15, 0.2) is 5.82 Å². The van der Waals surface area contributed by atoms with Gasteiger partial charge in [-0.2, -0.15) is 0 Å². The maximum Gasteiger partial charge on any atom is 0.162 e. The van der Waals surface area contributed by atoms with E-state index in [0.29, 0.717) is 24.7 Å². The predicted octanol–water partition coefficient (Wildman–Crippen LogP) is 2.11.